The Kier molecular flexibility index (Phi) is 7.74. The summed E-state index contributed by atoms with van der Waals surface area (Å²) in [7, 11) is 0. The molecule has 0 aliphatic carbocycles. The smallest absolute Gasteiger partial charge is 0.416 e. The fourth-order valence-electron chi connectivity index (χ4n) is 3.48. The minimum absolute atomic E-state index is 0.0507. The number of halogens is 3. The zero-order chi connectivity index (χ0) is 27.7. The molecule has 3 heterocycles. The molecule has 1 amide bonds. The number of alkyl halides is 3. The van der Waals surface area contributed by atoms with Crippen LogP contribution in [0.4, 0.5) is 18.0 Å². The summed E-state index contributed by atoms with van der Waals surface area (Å²) in [5.74, 6) is -0.610. The van der Waals surface area contributed by atoms with Gasteiger partial charge in [0.1, 0.15) is 17.2 Å². The van der Waals surface area contributed by atoms with Gasteiger partial charge < -0.3 is 14.8 Å². The van der Waals surface area contributed by atoms with Gasteiger partial charge in [-0.25, -0.2) is 14.5 Å². The zero-order valence-electron chi connectivity index (χ0n) is 20.5. The predicted octanol–water partition coefficient (Wildman–Crippen LogP) is 4.75. The molecule has 0 fully saturated rings. The molecule has 0 atom stereocenters. The highest BCUT2D eigenvalue weighted by Crippen LogP contribution is 2.33. The average Bonchev–Trinajstić information content (AvgIpc) is 3.44. The van der Waals surface area contributed by atoms with E-state index in [1.807, 2.05) is 0 Å². The third-order valence-electron chi connectivity index (χ3n) is 5.07. The van der Waals surface area contributed by atoms with Crippen LogP contribution in [0.3, 0.4) is 0 Å². The minimum atomic E-state index is -4.49. The number of esters is 1. The van der Waals surface area contributed by atoms with Crippen molar-refractivity contribution in [3.05, 3.63) is 55.6 Å². The number of hydrogen-bond acceptors (Lipinski definition) is 9. The number of thiophene rings is 1. The first-order valence-corrected chi connectivity index (χ1v) is 13.1. The van der Waals surface area contributed by atoms with Crippen molar-refractivity contribution in [3.8, 4) is 0 Å². The predicted molar refractivity (Wildman–Crippen MR) is 137 cm³/mol. The SMILES string of the molecule is CC(C)(C)OC(=O)NCCOC(=O)Cc1nn(Cc2nc3cc(C(F)(F)F)ccc3s2)c(=O)c2cscc12. The van der Waals surface area contributed by atoms with Crippen molar-refractivity contribution >= 4 is 55.7 Å². The molecule has 0 saturated heterocycles. The number of fused-ring (bicyclic) bond motifs is 2. The number of carbonyl (C=O) groups is 2. The minimum Gasteiger partial charge on any atom is -0.464 e. The number of thiazole rings is 1. The Labute approximate surface area is 222 Å². The van der Waals surface area contributed by atoms with E-state index in [0.29, 0.717) is 26.2 Å². The fourth-order valence-corrected chi connectivity index (χ4v) is 5.24. The van der Waals surface area contributed by atoms with Crippen LogP contribution < -0.4 is 10.9 Å². The Morgan fingerprint density at radius 2 is 1.87 bits per heavy atom. The molecule has 0 bridgehead atoms. The van der Waals surface area contributed by atoms with E-state index in [1.165, 1.54) is 17.4 Å². The first-order valence-electron chi connectivity index (χ1n) is 11.4. The number of nitrogens with zero attached hydrogens (tertiary/aromatic N) is 3. The van der Waals surface area contributed by atoms with Crippen LogP contribution in [-0.4, -0.2) is 45.6 Å². The molecule has 3 aromatic heterocycles. The molecule has 0 saturated carbocycles. The molecule has 0 spiro atoms. The lowest BCUT2D eigenvalue weighted by Crippen LogP contribution is -2.34. The molecule has 1 aromatic carbocycles. The second-order valence-corrected chi connectivity index (χ2v) is 11.1. The normalized spacial score (nSPS) is 12.2. The highest BCUT2D eigenvalue weighted by atomic mass is 32.1. The van der Waals surface area contributed by atoms with Crippen LogP contribution in [0.2, 0.25) is 0 Å². The van der Waals surface area contributed by atoms with E-state index in [9.17, 15) is 27.6 Å². The number of alkyl carbamates (subject to hydrolysis) is 1. The van der Waals surface area contributed by atoms with E-state index >= 15 is 0 Å². The summed E-state index contributed by atoms with van der Waals surface area (Å²) < 4.78 is 51.1. The van der Waals surface area contributed by atoms with Crippen LogP contribution in [0.15, 0.2) is 33.8 Å². The summed E-state index contributed by atoms with van der Waals surface area (Å²) in [4.78, 5) is 41.3. The summed E-state index contributed by atoms with van der Waals surface area (Å²) >= 11 is 2.43. The standard InChI is InChI=1S/C24H23F3N4O5S2/c1-23(2,3)36-22(34)28-6-7-35-20(32)9-16-14-11-37-12-15(14)21(33)31(30-16)10-19-29-17-8-13(24(25,26)27)4-5-18(17)38-19/h4-5,8,11-12H,6-7,9-10H2,1-3H3,(H,28,34). The molecule has 0 unspecified atom stereocenters. The quantitative estimate of drug-likeness (QED) is 0.253. The van der Waals surface area contributed by atoms with Gasteiger partial charge in [-0.1, -0.05) is 0 Å². The molecule has 4 rings (SSSR count). The van der Waals surface area contributed by atoms with Gasteiger partial charge in [-0.05, 0) is 39.0 Å². The Morgan fingerprint density at radius 1 is 1.13 bits per heavy atom. The Bertz CT molecular complexity index is 1550. The lowest BCUT2D eigenvalue weighted by Gasteiger charge is -2.19. The lowest BCUT2D eigenvalue weighted by atomic mass is 10.2. The maximum Gasteiger partial charge on any atom is 0.416 e. The molecule has 9 nitrogen and oxygen atoms in total. The number of rotatable bonds is 7. The van der Waals surface area contributed by atoms with Gasteiger partial charge in [-0.15, -0.1) is 11.3 Å². The summed E-state index contributed by atoms with van der Waals surface area (Å²) in [6.07, 6.45) is -5.35. The van der Waals surface area contributed by atoms with E-state index in [2.05, 4.69) is 15.4 Å². The maximum absolute atomic E-state index is 13.0. The average molecular weight is 569 g/mol. The first kappa shape index (κ1) is 27.5. The molecule has 0 aliphatic heterocycles. The van der Waals surface area contributed by atoms with Crippen molar-refractivity contribution in [1.82, 2.24) is 20.1 Å². The number of aromatic nitrogens is 3. The Morgan fingerprint density at radius 3 is 2.58 bits per heavy atom. The van der Waals surface area contributed by atoms with Crippen molar-refractivity contribution in [1.29, 1.82) is 0 Å². The van der Waals surface area contributed by atoms with Crippen LogP contribution in [0.25, 0.3) is 21.0 Å². The van der Waals surface area contributed by atoms with Gasteiger partial charge in [-0.3, -0.25) is 9.59 Å². The highest BCUT2D eigenvalue weighted by Gasteiger charge is 2.31. The van der Waals surface area contributed by atoms with Crippen LogP contribution in [0.5, 0.6) is 0 Å². The monoisotopic (exact) mass is 568 g/mol. The third-order valence-corrected chi connectivity index (χ3v) is 6.83. The van der Waals surface area contributed by atoms with Gasteiger partial charge in [0.2, 0.25) is 0 Å². The Hall–Kier alpha value is -3.52. The molecular formula is C24H23F3N4O5S2. The van der Waals surface area contributed by atoms with Crippen molar-refractivity contribution in [2.75, 3.05) is 13.2 Å². The van der Waals surface area contributed by atoms with Gasteiger partial charge in [-0.2, -0.15) is 29.6 Å². The number of hydrogen-bond donors (Lipinski definition) is 1. The fraction of sp³-hybridized carbons (Fsp3) is 0.375. The molecule has 0 aliphatic rings. The zero-order valence-corrected chi connectivity index (χ0v) is 22.2. The summed E-state index contributed by atoms with van der Waals surface area (Å²) in [5.41, 5.74) is -1.38. The van der Waals surface area contributed by atoms with Crippen LogP contribution in [0, 0.1) is 0 Å². The largest absolute Gasteiger partial charge is 0.464 e. The second kappa shape index (κ2) is 10.7. The van der Waals surface area contributed by atoms with Gasteiger partial charge >= 0.3 is 18.2 Å². The maximum atomic E-state index is 13.0. The number of benzene rings is 1. The van der Waals surface area contributed by atoms with Gasteiger partial charge in [0.05, 0.1) is 46.4 Å². The molecule has 0 radical (unpaired) electrons. The van der Waals surface area contributed by atoms with Gasteiger partial charge in [0.15, 0.2) is 0 Å². The lowest BCUT2D eigenvalue weighted by molar-refractivity contribution is -0.142. The van der Waals surface area contributed by atoms with E-state index in [1.54, 1.807) is 31.5 Å². The van der Waals surface area contributed by atoms with Crippen LogP contribution >= 0.6 is 22.7 Å². The molecule has 202 valence electrons. The molecule has 4 aromatic rings. The number of nitrogens with one attached hydrogen (secondary N) is 1. The Balaban J connectivity index is 1.47. The topological polar surface area (TPSA) is 112 Å². The van der Waals surface area contributed by atoms with Gasteiger partial charge in [0, 0.05) is 16.1 Å². The van der Waals surface area contributed by atoms with E-state index < -0.39 is 35.0 Å². The molecule has 14 heteroatoms. The van der Waals surface area contributed by atoms with Crippen LogP contribution in [-0.2, 0) is 33.4 Å². The highest BCUT2D eigenvalue weighted by molar-refractivity contribution is 7.18. The third kappa shape index (κ3) is 6.67. The van der Waals surface area contributed by atoms with E-state index in [-0.39, 0.29) is 31.6 Å². The molecular weight excluding hydrogens is 545 g/mol. The van der Waals surface area contributed by atoms with Crippen LogP contribution in [0.1, 0.15) is 37.0 Å². The first-order chi connectivity index (χ1) is 17.8. The number of amides is 1. The molecule has 1 N–H and O–H groups in total. The van der Waals surface area contributed by atoms with E-state index in [4.69, 9.17) is 9.47 Å². The van der Waals surface area contributed by atoms with Crippen molar-refractivity contribution < 1.29 is 32.2 Å². The van der Waals surface area contributed by atoms with Gasteiger partial charge in [0.25, 0.3) is 5.56 Å². The number of ether oxygens (including phenoxy) is 2. The summed E-state index contributed by atoms with van der Waals surface area (Å²) in [6.45, 7) is 5.07. The number of carbonyl (C=O) groups excluding carboxylic acids is 2. The van der Waals surface area contributed by atoms with E-state index in [0.717, 1.165) is 28.2 Å². The van der Waals surface area contributed by atoms with Crippen molar-refractivity contribution in [2.24, 2.45) is 0 Å². The summed E-state index contributed by atoms with van der Waals surface area (Å²) in [5, 5.41) is 11.4. The molecule has 38 heavy (non-hydrogen) atoms. The summed E-state index contributed by atoms with van der Waals surface area (Å²) in [6, 6.07) is 3.29. The van der Waals surface area contributed by atoms with Crippen molar-refractivity contribution in [3.63, 3.8) is 0 Å². The van der Waals surface area contributed by atoms with Crippen molar-refractivity contribution in [2.45, 2.75) is 45.5 Å². The second-order valence-electron chi connectivity index (χ2n) is 9.22.